The molecule has 3 aromatic rings. The zero-order valence-electron chi connectivity index (χ0n) is 23.5. The summed E-state index contributed by atoms with van der Waals surface area (Å²) in [7, 11) is 1.57. The molecule has 2 aliphatic rings. The Balaban J connectivity index is 1.39. The first-order chi connectivity index (χ1) is 19.9. The van der Waals surface area contributed by atoms with Gasteiger partial charge in [0.1, 0.15) is 5.75 Å². The number of benzene rings is 2. The number of aliphatic hydroxyl groups excluding tert-OH is 2. The lowest BCUT2D eigenvalue weighted by Crippen LogP contribution is -2.39. The zero-order chi connectivity index (χ0) is 29.1. The number of phenols is 1. The monoisotopic (exact) mass is 575 g/mol. The molecule has 2 amide bonds. The predicted molar refractivity (Wildman–Crippen MR) is 160 cm³/mol. The zero-order valence-corrected chi connectivity index (χ0v) is 24.3. The summed E-state index contributed by atoms with van der Waals surface area (Å²) in [6.07, 6.45) is 3.36. The minimum Gasteiger partial charge on any atom is -0.507 e. The number of aromatic hydroxyl groups is 1. The third kappa shape index (κ3) is 5.75. The Labute approximate surface area is 244 Å². The van der Waals surface area contributed by atoms with E-state index in [1.165, 1.54) is 16.2 Å². The smallest absolute Gasteiger partial charge is 0.234 e. The molecule has 3 N–H and O–H groups in total. The van der Waals surface area contributed by atoms with Crippen LogP contribution >= 0.6 is 11.3 Å². The highest BCUT2D eigenvalue weighted by Gasteiger charge is 2.54. The number of ether oxygens (including phenoxy) is 1. The van der Waals surface area contributed by atoms with E-state index >= 15 is 0 Å². The summed E-state index contributed by atoms with van der Waals surface area (Å²) in [6.45, 7) is 2.20. The first-order valence-corrected chi connectivity index (χ1v) is 15.0. The number of fused-ring (bicyclic) bond motifs is 2. The molecule has 4 atom stereocenters. The Morgan fingerprint density at radius 1 is 1.12 bits per heavy atom. The second-order valence-electron chi connectivity index (χ2n) is 10.9. The normalized spacial score (nSPS) is 22.1. The van der Waals surface area contributed by atoms with Gasteiger partial charge in [0.05, 0.1) is 37.7 Å². The van der Waals surface area contributed by atoms with Crippen molar-refractivity contribution in [2.24, 2.45) is 17.8 Å². The van der Waals surface area contributed by atoms with Crippen molar-refractivity contribution in [3.63, 3.8) is 0 Å². The van der Waals surface area contributed by atoms with Crippen molar-refractivity contribution in [3.05, 3.63) is 81.1 Å². The summed E-state index contributed by atoms with van der Waals surface area (Å²) in [5.74, 6) is -2.15. The van der Waals surface area contributed by atoms with E-state index in [1.807, 2.05) is 47.8 Å². The Hall–Kier alpha value is -3.30. The van der Waals surface area contributed by atoms with E-state index in [0.29, 0.717) is 24.8 Å². The van der Waals surface area contributed by atoms with Crippen molar-refractivity contribution in [2.45, 2.75) is 45.3 Å². The summed E-state index contributed by atoms with van der Waals surface area (Å²) in [4.78, 5) is 29.2. The molecule has 1 fully saturated rings. The van der Waals surface area contributed by atoms with Crippen LogP contribution in [0, 0.1) is 17.8 Å². The van der Waals surface area contributed by atoms with Crippen LogP contribution in [0.15, 0.2) is 70.6 Å². The fourth-order valence-electron chi connectivity index (χ4n) is 6.53. The number of hydrogen-bond donors (Lipinski definition) is 3. The Morgan fingerprint density at radius 2 is 1.90 bits per heavy atom. The molecule has 1 aliphatic carbocycles. The van der Waals surface area contributed by atoms with Crippen LogP contribution in [-0.2, 0) is 20.9 Å². The number of imide groups is 1. The number of rotatable bonds is 11. The maximum absolute atomic E-state index is 13.6. The van der Waals surface area contributed by atoms with Crippen LogP contribution in [0.25, 0.3) is 16.8 Å². The van der Waals surface area contributed by atoms with Crippen LogP contribution < -0.4 is 0 Å². The van der Waals surface area contributed by atoms with Crippen LogP contribution in [0.5, 0.6) is 5.75 Å². The molecule has 0 radical (unpaired) electrons. The minimum absolute atomic E-state index is 0.216. The molecule has 0 unspecified atom stereocenters. The van der Waals surface area contributed by atoms with E-state index < -0.39 is 23.9 Å². The van der Waals surface area contributed by atoms with Gasteiger partial charge in [-0.25, -0.2) is 0 Å². The van der Waals surface area contributed by atoms with E-state index in [-0.39, 0.29) is 37.3 Å². The summed E-state index contributed by atoms with van der Waals surface area (Å²) in [5, 5.41) is 36.0. The number of carbonyl (C=O) groups is 2. The highest BCUT2D eigenvalue weighted by atomic mass is 32.1. The van der Waals surface area contributed by atoms with E-state index in [2.05, 4.69) is 13.0 Å². The van der Waals surface area contributed by atoms with Gasteiger partial charge < -0.3 is 20.1 Å². The fraction of sp³-hybridized carbons (Fsp3) is 0.394. The summed E-state index contributed by atoms with van der Waals surface area (Å²) in [6, 6.07) is 15.1. The van der Waals surface area contributed by atoms with Gasteiger partial charge in [-0.15, -0.1) is 11.3 Å². The van der Waals surface area contributed by atoms with Crippen molar-refractivity contribution < 1.29 is 29.6 Å². The maximum Gasteiger partial charge on any atom is 0.234 e. The molecule has 1 saturated heterocycles. The third-order valence-corrected chi connectivity index (χ3v) is 9.39. The van der Waals surface area contributed by atoms with Gasteiger partial charge in [0.15, 0.2) is 0 Å². The number of thiophene rings is 1. The van der Waals surface area contributed by atoms with Crippen molar-refractivity contribution in [3.8, 4) is 5.75 Å². The average Bonchev–Trinajstić information content (AvgIpc) is 3.58. The molecule has 0 saturated carbocycles. The van der Waals surface area contributed by atoms with Gasteiger partial charge >= 0.3 is 0 Å². The standard InChI is InChI=1S/C33H37NO6S/c1-3-20(15-21-11-13-28(36)25-9-5-4-8-24(21)25)10-12-29(37)30-22(19-40-2)16-26-31(27(30)18-35)33(39)34(32(26)38)17-23-7-6-14-41-23/h4-9,11,13-15,26-27,29,31,35-37H,3,10,12,16-19H2,1-2H3/b20-15+/t26-,27+,29-,31-/m1/s1. The molecule has 8 heteroatoms. The molecule has 0 bridgehead atoms. The Morgan fingerprint density at radius 3 is 2.59 bits per heavy atom. The molecule has 5 rings (SSSR count). The van der Waals surface area contributed by atoms with Crippen LogP contribution in [0.4, 0.5) is 0 Å². The molecule has 0 spiro atoms. The Bertz CT molecular complexity index is 1480. The highest BCUT2D eigenvalue weighted by molar-refractivity contribution is 7.09. The van der Waals surface area contributed by atoms with Crippen LogP contribution in [0.1, 0.15) is 43.0 Å². The topological polar surface area (TPSA) is 107 Å². The fourth-order valence-corrected chi connectivity index (χ4v) is 7.22. The predicted octanol–water partition coefficient (Wildman–Crippen LogP) is 5.30. The first kappa shape index (κ1) is 29.2. The van der Waals surface area contributed by atoms with E-state index in [4.69, 9.17) is 4.74 Å². The molecular formula is C33H37NO6S. The summed E-state index contributed by atoms with van der Waals surface area (Å²) in [5.41, 5.74) is 3.57. The van der Waals surface area contributed by atoms with Crippen molar-refractivity contribution in [2.75, 3.05) is 20.3 Å². The molecule has 7 nitrogen and oxygen atoms in total. The van der Waals surface area contributed by atoms with Crippen molar-refractivity contribution in [1.82, 2.24) is 4.90 Å². The number of phenolic OH excluding ortho intramolecular Hbond substituents is 1. The van der Waals surface area contributed by atoms with Crippen LogP contribution in [0.3, 0.4) is 0 Å². The number of carbonyl (C=O) groups excluding carboxylic acids is 2. The average molecular weight is 576 g/mol. The molecule has 216 valence electrons. The minimum atomic E-state index is -0.890. The number of aliphatic hydroxyl groups is 2. The number of amides is 2. The summed E-state index contributed by atoms with van der Waals surface area (Å²) < 4.78 is 5.46. The van der Waals surface area contributed by atoms with Gasteiger partial charge in [0.25, 0.3) is 0 Å². The van der Waals surface area contributed by atoms with Crippen molar-refractivity contribution in [1.29, 1.82) is 0 Å². The molecule has 1 aromatic heterocycles. The van der Waals surface area contributed by atoms with Crippen molar-refractivity contribution >= 4 is 40.0 Å². The first-order valence-electron chi connectivity index (χ1n) is 14.1. The number of allylic oxidation sites excluding steroid dienone is 1. The second-order valence-corrected chi connectivity index (χ2v) is 11.9. The van der Waals surface area contributed by atoms with Gasteiger partial charge in [-0.2, -0.15) is 0 Å². The van der Waals surface area contributed by atoms with Gasteiger partial charge in [-0.3, -0.25) is 14.5 Å². The van der Waals surface area contributed by atoms with Gasteiger partial charge in [-0.1, -0.05) is 55.0 Å². The molecule has 2 heterocycles. The largest absolute Gasteiger partial charge is 0.507 e. The quantitative estimate of drug-likeness (QED) is 0.212. The van der Waals surface area contributed by atoms with Crippen LogP contribution in [0.2, 0.25) is 0 Å². The summed E-state index contributed by atoms with van der Waals surface area (Å²) >= 11 is 1.50. The van der Waals surface area contributed by atoms with E-state index in [0.717, 1.165) is 38.8 Å². The number of nitrogens with zero attached hydrogens (tertiary/aromatic N) is 1. The SMILES string of the molecule is CC/C(=C\c1ccc(O)c2ccccc12)CC[C@@H](O)C1=C(COC)C[C@H]2C(=O)N(Cc3cccs3)C(=O)[C@H]2[C@H]1CO. The molecule has 41 heavy (non-hydrogen) atoms. The lowest BCUT2D eigenvalue weighted by molar-refractivity contribution is -0.140. The lowest BCUT2D eigenvalue weighted by Gasteiger charge is -2.36. The van der Waals surface area contributed by atoms with E-state index in [1.54, 1.807) is 13.2 Å². The molecule has 1 aliphatic heterocycles. The van der Waals surface area contributed by atoms with Gasteiger partial charge in [0.2, 0.25) is 11.8 Å². The van der Waals surface area contributed by atoms with E-state index in [9.17, 15) is 24.9 Å². The Kier molecular flexibility index (Phi) is 9.04. The molecular weight excluding hydrogens is 538 g/mol. The number of likely N-dealkylation sites (tertiary alicyclic amines) is 1. The van der Waals surface area contributed by atoms with Gasteiger partial charge in [-0.05, 0) is 65.3 Å². The molecule has 2 aromatic carbocycles. The number of methoxy groups -OCH3 is 1. The van der Waals surface area contributed by atoms with Gasteiger partial charge in [0, 0.05) is 23.3 Å². The lowest BCUT2D eigenvalue weighted by atomic mass is 9.68. The number of hydrogen-bond acceptors (Lipinski definition) is 7. The second kappa shape index (κ2) is 12.7. The maximum atomic E-state index is 13.6. The third-order valence-electron chi connectivity index (χ3n) is 8.53. The highest BCUT2D eigenvalue weighted by Crippen LogP contribution is 2.46. The van der Waals surface area contributed by atoms with Crippen LogP contribution in [-0.4, -0.2) is 58.5 Å².